The van der Waals surface area contributed by atoms with Crippen LogP contribution in [-0.4, -0.2) is 74.3 Å². The Balaban J connectivity index is 1.00. The molecule has 47 heavy (non-hydrogen) atoms. The van der Waals surface area contributed by atoms with Crippen molar-refractivity contribution < 1.29 is 14.2 Å². The van der Waals surface area contributed by atoms with E-state index in [0.717, 1.165) is 46.4 Å². The lowest BCUT2D eigenvalue weighted by Crippen LogP contribution is -2.43. The SMILES string of the molecule is O[C@H](CN1CCC[C@@H]1CN1CCCC1)Cn1ccc(-c2ccc3ncnc(Nc4ccc(OCc5cccc(F)c5)c(Cl)c4)c3c2)c1. The van der Waals surface area contributed by atoms with Gasteiger partial charge in [-0.05, 0) is 111 Å². The molecule has 0 amide bonds. The topological polar surface area (TPSA) is 78.7 Å². The number of halogens is 2. The molecule has 2 aliphatic rings. The van der Waals surface area contributed by atoms with Crippen molar-refractivity contribution in [3.63, 3.8) is 0 Å². The molecule has 5 aromatic rings. The van der Waals surface area contributed by atoms with Gasteiger partial charge < -0.3 is 24.6 Å². The molecule has 2 fully saturated rings. The zero-order valence-electron chi connectivity index (χ0n) is 26.4. The van der Waals surface area contributed by atoms with E-state index in [9.17, 15) is 9.50 Å². The molecule has 0 bridgehead atoms. The highest BCUT2D eigenvalue weighted by atomic mass is 35.5. The van der Waals surface area contributed by atoms with Crippen LogP contribution in [0.1, 0.15) is 31.2 Å². The second-order valence-electron chi connectivity index (χ2n) is 12.7. The number of aliphatic hydroxyl groups is 1. The lowest BCUT2D eigenvalue weighted by atomic mass is 10.1. The molecule has 8 nitrogen and oxygen atoms in total. The molecule has 0 radical (unpaired) electrons. The van der Waals surface area contributed by atoms with Gasteiger partial charge in [0.1, 0.15) is 30.3 Å². The van der Waals surface area contributed by atoms with Crippen LogP contribution in [0.2, 0.25) is 5.02 Å². The minimum absolute atomic E-state index is 0.210. The molecule has 4 heterocycles. The van der Waals surface area contributed by atoms with Crippen LogP contribution in [0.3, 0.4) is 0 Å². The first-order valence-electron chi connectivity index (χ1n) is 16.5. The van der Waals surface area contributed by atoms with Crippen LogP contribution in [0.5, 0.6) is 5.75 Å². The summed E-state index contributed by atoms with van der Waals surface area (Å²) in [5.41, 5.74) is 4.38. The third-order valence-corrected chi connectivity index (χ3v) is 9.53. The van der Waals surface area contributed by atoms with E-state index in [1.165, 1.54) is 57.2 Å². The number of ether oxygens (including phenoxy) is 1. The number of rotatable bonds is 12. The van der Waals surface area contributed by atoms with Crippen molar-refractivity contribution in [3.8, 4) is 16.9 Å². The van der Waals surface area contributed by atoms with Crippen LogP contribution >= 0.6 is 11.6 Å². The minimum Gasteiger partial charge on any atom is -0.487 e. The van der Waals surface area contributed by atoms with E-state index >= 15 is 0 Å². The van der Waals surface area contributed by atoms with E-state index in [0.29, 0.717) is 35.7 Å². The third-order valence-electron chi connectivity index (χ3n) is 9.23. The number of hydrogen-bond donors (Lipinski definition) is 2. The summed E-state index contributed by atoms with van der Waals surface area (Å²) < 4.78 is 21.4. The number of hydrogen-bond acceptors (Lipinski definition) is 7. The first-order valence-corrected chi connectivity index (χ1v) is 16.8. The summed E-state index contributed by atoms with van der Waals surface area (Å²) in [5.74, 6) is 0.862. The van der Waals surface area contributed by atoms with Crippen LogP contribution in [0, 0.1) is 5.82 Å². The summed E-state index contributed by atoms with van der Waals surface area (Å²) in [7, 11) is 0. The van der Waals surface area contributed by atoms with Gasteiger partial charge in [-0.3, -0.25) is 4.90 Å². The largest absolute Gasteiger partial charge is 0.487 e. The van der Waals surface area contributed by atoms with Gasteiger partial charge in [0.15, 0.2) is 0 Å². The minimum atomic E-state index is -0.430. The Kier molecular flexibility index (Phi) is 9.67. The fourth-order valence-corrected chi connectivity index (χ4v) is 7.09. The summed E-state index contributed by atoms with van der Waals surface area (Å²) in [6.07, 6.45) is 10.3. The standard InChI is InChI=1S/C37H40ClFN6O2/c38-34-19-30(9-11-36(34)47-24-26-5-3-6-29(39)17-26)42-37-33-18-27(8-10-35(33)40-25-41-37)28-12-16-44(20-28)22-32(46)23-45-15-4-7-31(45)21-43-13-1-2-14-43/h3,5-6,8-12,16-20,25,31-32,46H,1-2,4,7,13-15,21-24H2,(H,40,41,42)/t31-,32+/m1/s1. The zero-order valence-corrected chi connectivity index (χ0v) is 27.1. The van der Waals surface area contributed by atoms with Gasteiger partial charge in [-0.2, -0.15) is 0 Å². The summed E-state index contributed by atoms with van der Waals surface area (Å²) in [6.45, 7) is 6.11. The number of nitrogens with zero attached hydrogens (tertiary/aromatic N) is 5. The number of benzene rings is 3. The van der Waals surface area contributed by atoms with Crippen molar-refractivity contribution in [1.29, 1.82) is 0 Å². The highest BCUT2D eigenvalue weighted by Crippen LogP contribution is 2.33. The predicted octanol–water partition coefficient (Wildman–Crippen LogP) is 7.13. The zero-order chi connectivity index (χ0) is 32.2. The van der Waals surface area contributed by atoms with E-state index in [2.05, 4.69) is 54.0 Å². The van der Waals surface area contributed by atoms with E-state index in [1.807, 2.05) is 18.3 Å². The number of β-amino-alcohol motifs (C(OH)–C–C–N with tert-alkyl or cyclic N) is 1. The quantitative estimate of drug-likeness (QED) is 0.148. The maximum absolute atomic E-state index is 13.5. The summed E-state index contributed by atoms with van der Waals surface area (Å²) in [5, 5.41) is 15.7. The lowest BCUT2D eigenvalue weighted by molar-refractivity contribution is 0.0834. The first-order chi connectivity index (χ1) is 23.0. The Morgan fingerprint density at radius 2 is 1.85 bits per heavy atom. The molecular weight excluding hydrogens is 615 g/mol. The van der Waals surface area contributed by atoms with Crippen molar-refractivity contribution in [2.45, 2.75) is 51.0 Å². The molecule has 2 aromatic heterocycles. The van der Waals surface area contributed by atoms with Gasteiger partial charge in [0, 0.05) is 49.1 Å². The van der Waals surface area contributed by atoms with E-state index in [1.54, 1.807) is 24.3 Å². The Labute approximate surface area is 279 Å². The van der Waals surface area contributed by atoms with E-state index in [-0.39, 0.29) is 12.4 Å². The fourth-order valence-electron chi connectivity index (χ4n) is 6.86. The Hall–Kier alpha value is -4.02. The average Bonchev–Trinajstić information content (AvgIpc) is 3.85. The summed E-state index contributed by atoms with van der Waals surface area (Å²) >= 11 is 6.55. The van der Waals surface area contributed by atoms with Crippen LogP contribution in [0.15, 0.2) is 85.5 Å². The molecule has 2 saturated heterocycles. The van der Waals surface area contributed by atoms with Crippen LogP contribution in [0.25, 0.3) is 22.0 Å². The van der Waals surface area contributed by atoms with Crippen LogP contribution < -0.4 is 10.1 Å². The molecule has 2 atom stereocenters. The normalized spacial score (nSPS) is 17.8. The molecule has 0 unspecified atom stereocenters. The highest BCUT2D eigenvalue weighted by molar-refractivity contribution is 6.32. The summed E-state index contributed by atoms with van der Waals surface area (Å²) in [6, 6.07) is 20.5. The molecule has 2 N–H and O–H groups in total. The number of aliphatic hydroxyl groups excluding tert-OH is 1. The van der Waals surface area contributed by atoms with Crippen molar-refractivity contribution in [1.82, 2.24) is 24.3 Å². The molecule has 2 aliphatic heterocycles. The van der Waals surface area contributed by atoms with Gasteiger partial charge in [-0.15, -0.1) is 0 Å². The van der Waals surface area contributed by atoms with Crippen molar-refractivity contribution in [2.75, 3.05) is 38.0 Å². The molecule has 244 valence electrons. The van der Waals surface area contributed by atoms with Crippen molar-refractivity contribution in [3.05, 3.63) is 102 Å². The van der Waals surface area contributed by atoms with Gasteiger partial charge in [0.05, 0.1) is 16.6 Å². The molecule has 3 aromatic carbocycles. The lowest BCUT2D eigenvalue weighted by Gasteiger charge is -2.30. The molecular formula is C37H40ClFN6O2. The monoisotopic (exact) mass is 654 g/mol. The van der Waals surface area contributed by atoms with Gasteiger partial charge in [-0.1, -0.05) is 29.8 Å². The number of likely N-dealkylation sites (tertiary alicyclic amines) is 2. The van der Waals surface area contributed by atoms with Crippen LogP contribution in [0.4, 0.5) is 15.9 Å². The van der Waals surface area contributed by atoms with Gasteiger partial charge in [0.25, 0.3) is 0 Å². The maximum Gasteiger partial charge on any atom is 0.141 e. The van der Waals surface area contributed by atoms with Gasteiger partial charge in [-0.25, -0.2) is 14.4 Å². The first kappa shape index (κ1) is 31.6. The number of nitrogens with one attached hydrogen (secondary N) is 1. The molecule has 7 rings (SSSR count). The fraction of sp³-hybridized carbons (Fsp3) is 0.351. The number of aromatic nitrogens is 3. The predicted molar refractivity (Wildman–Crippen MR) is 185 cm³/mol. The van der Waals surface area contributed by atoms with Crippen LogP contribution in [-0.2, 0) is 13.2 Å². The smallest absolute Gasteiger partial charge is 0.141 e. The third kappa shape index (κ3) is 7.76. The average molecular weight is 655 g/mol. The second-order valence-corrected chi connectivity index (χ2v) is 13.1. The van der Waals surface area contributed by atoms with E-state index < -0.39 is 6.10 Å². The van der Waals surface area contributed by atoms with Crippen molar-refractivity contribution >= 4 is 34.0 Å². The molecule has 10 heteroatoms. The highest BCUT2D eigenvalue weighted by Gasteiger charge is 2.28. The van der Waals surface area contributed by atoms with Gasteiger partial charge in [0.2, 0.25) is 0 Å². The second kappa shape index (κ2) is 14.4. The summed E-state index contributed by atoms with van der Waals surface area (Å²) in [4.78, 5) is 14.1. The number of fused-ring (bicyclic) bond motifs is 1. The number of anilines is 2. The Morgan fingerprint density at radius 3 is 2.70 bits per heavy atom. The Morgan fingerprint density at radius 1 is 0.957 bits per heavy atom. The van der Waals surface area contributed by atoms with Crippen molar-refractivity contribution in [2.24, 2.45) is 0 Å². The molecule has 0 aliphatic carbocycles. The van der Waals surface area contributed by atoms with E-state index in [4.69, 9.17) is 16.3 Å². The maximum atomic E-state index is 13.5. The molecule has 0 saturated carbocycles. The van der Waals surface area contributed by atoms with Gasteiger partial charge >= 0.3 is 0 Å². The Bertz CT molecular complexity index is 1830. The molecule has 0 spiro atoms.